The first-order chi connectivity index (χ1) is 13.3. The molecule has 0 radical (unpaired) electrons. The molecule has 0 unspecified atom stereocenters. The summed E-state index contributed by atoms with van der Waals surface area (Å²) in [5.41, 5.74) is 8.10. The van der Waals surface area contributed by atoms with Crippen molar-refractivity contribution in [2.75, 3.05) is 0 Å². The molecule has 2 aromatic rings. The summed E-state index contributed by atoms with van der Waals surface area (Å²) < 4.78 is 5.44. The molecule has 4 rings (SSSR count). The Morgan fingerprint density at radius 3 is 2.36 bits per heavy atom. The van der Waals surface area contributed by atoms with Gasteiger partial charge in [0.15, 0.2) is 5.76 Å². The van der Waals surface area contributed by atoms with Crippen molar-refractivity contribution in [1.29, 1.82) is 0 Å². The van der Waals surface area contributed by atoms with Gasteiger partial charge in [0, 0.05) is 6.07 Å². The van der Waals surface area contributed by atoms with E-state index >= 15 is 0 Å². The third-order valence-electron chi connectivity index (χ3n) is 6.96. The van der Waals surface area contributed by atoms with E-state index in [-0.39, 0.29) is 10.8 Å². The summed E-state index contributed by atoms with van der Waals surface area (Å²) in [6, 6.07) is 7.10. The summed E-state index contributed by atoms with van der Waals surface area (Å²) in [4.78, 5) is 0. The van der Waals surface area contributed by atoms with Gasteiger partial charge in [-0.2, -0.15) is 0 Å². The number of allylic oxidation sites excluding steroid dienone is 1. The Bertz CT molecular complexity index is 866. The van der Waals surface area contributed by atoms with Gasteiger partial charge in [0.25, 0.3) is 0 Å². The predicted octanol–water partition coefficient (Wildman–Crippen LogP) is 7.32. The van der Waals surface area contributed by atoms with E-state index in [0.717, 1.165) is 12.2 Å². The quantitative estimate of drug-likeness (QED) is 0.527. The number of nitrogens with zero attached hydrogens (tertiary/aromatic N) is 1. The number of aryl methyl sites for hydroxylation is 1. The van der Waals surface area contributed by atoms with Crippen molar-refractivity contribution in [3.8, 4) is 0 Å². The number of benzene rings is 1. The summed E-state index contributed by atoms with van der Waals surface area (Å²) in [6.07, 6.45) is 12.7. The first-order valence-corrected chi connectivity index (χ1v) is 11.1. The molecule has 0 aliphatic heterocycles. The molecular formula is C26H35NO. The fourth-order valence-electron chi connectivity index (χ4n) is 4.76. The fourth-order valence-corrected chi connectivity index (χ4v) is 4.76. The molecule has 1 aromatic heterocycles. The second kappa shape index (κ2) is 7.21. The Hall–Kier alpha value is -1.83. The van der Waals surface area contributed by atoms with Gasteiger partial charge in [-0.3, -0.25) is 0 Å². The minimum Gasteiger partial charge on any atom is -0.357 e. The lowest BCUT2D eigenvalue weighted by Crippen LogP contribution is -2.34. The van der Waals surface area contributed by atoms with Crippen LogP contribution in [0.3, 0.4) is 0 Å². The van der Waals surface area contributed by atoms with Gasteiger partial charge in [-0.15, -0.1) is 0 Å². The first-order valence-electron chi connectivity index (χ1n) is 11.1. The fraction of sp³-hybridized carbons (Fsp3) is 0.577. The van der Waals surface area contributed by atoms with Crippen molar-refractivity contribution in [3.05, 3.63) is 52.4 Å². The van der Waals surface area contributed by atoms with Crippen LogP contribution >= 0.6 is 0 Å². The molecule has 150 valence electrons. The molecule has 2 heteroatoms. The molecule has 1 aromatic carbocycles. The SMILES string of the molecule is CCCCc1cc2c(cc1C(=Cc1ccno1)C1CC1)C(C)(C)CCC2(C)C. The number of rotatable bonds is 6. The molecule has 2 aliphatic carbocycles. The average molecular weight is 378 g/mol. The highest BCUT2D eigenvalue weighted by Crippen LogP contribution is 2.50. The highest BCUT2D eigenvalue weighted by atomic mass is 16.5. The Balaban J connectivity index is 1.90. The van der Waals surface area contributed by atoms with Gasteiger partial charge >= 0.3 is 0 Å². The number of aromatic nitrogens is 1. The number of hydrogen-bond acceptors (Lipinski definition) is 2. The zero-order chi connectivity index (χ0) is 19.9. The molecule has 28 heavy (non-hydrogen) atoms. The Morgan fingerprint density at radius 2 is 1.79 bits per heavy atom. The topological polar surface area (TPSA) is 26.0 Å². The third-order valence-corrected chi connectivity index (χ3v) is 6.96. The minimum atomic E-state index is 0.240. The Morgan fingerprint density at radius 1 is 1.11 bits per heavy atom. The molecule has 2 aliphatic rings. The van der Waals surface area contributed by atoms with Crippen LogP contribution in [-0.4, -0.2) is 5.16 Å². The maximum Gasteiger partial charge on any atom is 0.159 e. The Kier molecular flexibility index (Phi) is 5.02. The largest absolute Gasteiger partial charge is 0.357 e. The maximum atomic E-state index is 5.44. The van der Waals surface area contributed by atoms with Crippen LogP contribution in [0.15, 0.2) is 28.9 Å². The van der Waals surface area contributed by atoms with Gasteiger partial charge in [-0.1, -0.05) is 58.3 Å². The van der Waals surface area contributed by atoms with Gasteiger partial charge in [0.05, 0.1) is 6.20 Å². The van der Waals surface area contributed by atoms with Crippen molar-refractivity contribution >= 4 is 11.6 Å². The molecule has 1 fully saturated rings. The zero-order valence-electron chi connectivity index (χ0n) is 18.3. The van der Waals surface area contributed by atoms with E-state index in [1.165, 1.54) is 55.2 Å². The van der Waals surface area contributed by atoms with Crippen molar-refractivity contribution in [2.45, 2.75) is 90.4 Å². The van der Waals surface area contributed by atoms with Crippen LogP contribution in [0.1, 0.15) is 101 Å². The van der Waals surface area contributed by atoms with Gasteiger partial charge in [-0.25, -0.2) is 0 Å². The normalized spacial score (nSPS) is 20.8. The molecule has 0 spiro atoms. The van der Waals surface area contributed by atoms with Gasteiger partial charge in [-0.05, 0) is 89.2 Å². The van der Waals surface area contributed by atoms with E-state index in [0.29, 0.717) is 5.92 Å². The van der Waals surface area contributed by atoms with Crippen molar-refractivity contribution in [3.63, 3.8) is 0 Å². The number of unbranched alkanes of at least 4 members (excludes halogenated alkanes) is 1. The van der Waals surface area contributed by atoms with Crippen LogP contribution in [0.5, 0.6) is 0 Å². The monoisotopic (exact) mass is 377 g/mol. The van der Waals surface area contributed by atoms with Crippen LogP contribution < -0.4 is 0 Å². The Labute approximate surface area is 170 Å². The molecule has 0 N–H and O–H groups in total. The molecule has 0 bridgehead atoms. The van der Waals surface area contributed by atoms with Crippen molar-refractivity contribution < 1.29 is 4.52 Å². The van der Waals surface area contributed by atoms with Crippen LogP contribution in [0.4, 0.5) is 0 Å². The number of fused-ring (bicyclic) bond motifs is 1. The van der Waals surface area contributed by atoms with E-state index in [2.05, 4.69) is 58.0 Å². The molecule has 1 saturated carbocycles. The zero-order valence-corrected chi connectivity index (χ0v) is 18.3. The summed E-state index contributed by atoms with van der Waals surface area (Å²) >= 11 is 0. The molecule has 2 nitrogen and oxygen atoms in total. The number of hydrogen-bond donors (Lipinski definition) is 0. The van der Waals surface area contributed by atoms with Crippen molar-refractivity contribution in [1.82, 2.24) is 5.16 Å². The molecule has 0 saturated heterocycles. The average Bonchev–Trinajstić information content (AvgIpc) is 3.37. The third kappa shape index (κ3) is 3.71. The lowest BCUT2D eigenvalue weighted by Gasteiger charge is -2.42. The second-order valence-electron chi connectivity index (χ2n) is 10.2. The van der Waals surface area contributed by atoms with E-state index in [9.17, 15) is 0 Å². The maximum absolute atomic E-state index is 5.44. The van der Waals surface area contributed by atoms with Crippen LogP contribution in [0, 0.1) is 5.92 Å². The van der Waals surface area contributed by atoms with E-state index < -0.39 is 0 Å². The molecule has 0 amide bonds. The highest BCUT2D eigenvalue weighted by Gasteiger charge is 2.38. The van der Waals surface area contributed by atoms with E-state index in [1.807, 2.05) is 6.07 Å². The van der Waals surface area contributed by atoms with Crippen LogP contribution in [0.25, 0.3) is 11.6 Å². The summed E-state index contributed by atoms with van der Waals surface area (Å²) in [5.74, 6) is 1.55. The summed E-state index contributed by atoms with van der Waals surface area (Å²) in [5, 5.41) is 3.91. The van der Waals surface area contributed by atoms with Gasteiger partial charge in [0.2, 0.25) is 0 Å². The van der Waals surface area contributed by atoms with Gasteiger partial charge < -0.3 is 4.52 Å². The minimum absolute atomic E-state index is 0.240. The lowest BCUT2D eigenvalue weighted by molar-refractivity contribution is 0.331. The highest BCUT2D eigenvalue weighted by molar-refractivity contribution is 5.84. The van der Waals surface area contributed by atoms with Crippen LogP contribution in [-0.2, 0) is 17.3 Å². The smallest absolute Gasteiger partial charge is 0.159 e. The second-order valence-corrected chi connectivity index (χ2v) is 10.2. The summed E-state index contributed by atoms with van der Waals surface area (Å²) in [7, 11) is 0. The molecule has 0 atom stereocenters. The first kappa shape index (κ1) is 19.5. The molecule has 1 heterocycles. The molecular weight excluding hydrogens is 342 g/mol. The van der Waals surface area contributed by atoms with E-state index in [4.69, 9.17) is 4.52 Å². The standard InChI is InChI=1S/C26H35NO/c1-6-7-8-19-15-23-24(26(4,5)13-12-25(23,2)3)17-22(19)21(18-9-10-18)16-20-11-14-27-28-20/h11,14-18H,6-10,12-13H2,1-5H3. The van der Waals surface area contributed by atoms with Gasteiger partial charge in [0.1, 0.15) is 0 Å². The van der Waals surface area contributed by atoms with Crippen LogP contribution in [0.2, 0.25) is 0 Å². The summed E-state index contributed by atoms with van der Waals surface area (Å²) in [6.45, 7) is 12.0. The van der Waals surface area contributed by atoms with E-state index in [1.54, 1.807) is 17.3 Å². The lowest BCUT2D eigenvalue weighted by atomic mass is 9.62. The predicted molar refractivity (Wildman–Crippen MR) is 117 cm³/mol. The van der Waals surface area contributed by atoms with Crippen molar-refractivity contribution in [2.24, 2.45) is 5.92 Å².